The normalized spacial score (nSPS) is 15.6. The first-order valence-electron chi connectivity index (χ1n) is 18.0. The number of ether oxygens (including phenoxy) is 3. The molecule has 0 spiro atoms. The number of aromatic nitrogens is 3. The van der Waals surface area contributed by atoms with Crippen LogP contribution in [0.4, 0.5) is 0 Å². The minimum Gasteiger partial charge on any atom is -0.480 e. The van der Waals surface area contributed by atoms with E-state index in [-0.39, 0.29) is 25.1 Å². The molecule has 0 fully saturated rings. The fourth-order valence-corrected chi connectivity index (χ4v) is 6.89. The number of hydrogen-bond donors (Lipinski definition) is 4. The molecule has 13 heteroatoms. The van der Waals surface area contributed by atoms with E-state index in [1.54, 1.807) is 31.5 Å². The number of nitriles is 1. The number of pyridine rings is 3. The number of carboxylic acids is 1. The lowest BCUT2D eigenvalue weighted by molar-refractivity contribution is -0.145. The van der Waals surface area contributed by atoms with Crippen LogP contribution in [0, 0.1) is 18.3 Å². The van der Waals surface area contributed by atoms with E-state index in [4.69, 9.17) is 24.2 Å². The molecule has 0 amide bonds. The van der Waals surface area contributed by atoms with Crippen molar-refractivity contribution in [2.45, 2.75) is 51.5 Å². The van der Waals surface area contributed by atoms with Crippen LogP contribution in [-0.4, -0.2) is 69.3 Å². The second kappa shape index (κ2) is 15.9. The van der Waals surface area contributed by atoms with Gasteiger partial charge < -0.3 is 29.7 Å². The van der Waals surface area contributed by atoms with Gasteiger partial charge in [0.05, 0.1) is 37.1 Å². The zero-order chi connectivity index (χ0) is 38.5. The average Bonchev–Trinajstić information content (AvgIpc) is 3.90. The van der Waals surface area contributed by atoms with Crippen molar-refractivity contribution < 1.29 is 29.2 Å². The Morgan fingerprint density at radius 1 is 1.04 bits per heavy atom. The third-order valence-electron chi connectivity index (χ3n) is 10.0. The summed E-state index contributed by atoms with van der Waals surface area (Å²) < 4.78 is 18.4. The Balaban J connectivity index is 1.15. The summed E-state index contributed by atoms with van der Waals surface area (Å²) in [6.45, 7) is 4.55. The molecule has 1 aliphatic carbocycles. The van der Waals surface area contributed by atoms with Crippen molar-refractivity contribution >= 4 is 11.8 Å². The number of nitrogens with one attached hydrogen (secondary N) is 2. The van der Waals surface area contributed by atoms with Crippen molar-refractivity contribution in [3.8, 4) is 46.1 Å². The van der Waals surface area contributed by atoms with Crippen LogP contribution in [-0.2, 0) is 24.4 Å². The molecule has 1 unspecified atom stereocenters. The minimum absolute atomic E-state index is 0.0510. The zero-order valence-electron chi connectivity index (χ0n) is 30.8. The van der Waals surface area contributed by atoms with Gasteiger partial charge in [-0.3, -0.25) is 20.1 Å². The van der Waals surface area contributed by atoms with E-state index in [1.807, 2.05) is 18.2 Å². The molecule has 55 heavy (non-hydrogen) atoms. The number of amidine groups is 1. The fraction of sp³-hybridized carbons (Fsp3) is 0.286. The Bertz CT molecular complexity index is 2320. The number of aliphatic hydroxyl groups excluding tert-OH is 1. The van der Waals surface area contributed by atoms with Gasteiger partial charge in [-0.1, -0.05) is 36.4 Å². The molecular formula is C42H41N7O6. The molecule has 13 nitrogen and oxygen atoms in total. The summed E-state index contributed by atoms with van der Waals surface area (Å²) in [7, 11) is 1.62. The van der Waals surface area contributed by atoms with Crippen LogP contribution in [0.1, 0.15) is 58.4 Å². The molecule has 0 saturated carbocycles. The highest BCUT2D eigenvalue weighted by Gasteiger charge is 2.32. The number of carbonyl (C=O) groups is 1. The lowest BCUT2D eigenvalue weighted by Gasteiger charge is -2.24. The standard InChI is InChI=1S/C42H41N7O6/c1-25-29(6-4-7-30(25)35-13-11-34(40(48-35)53-3)38-45-16-17-46-38)31-8-5-9-33-32(31)12-14-36(33)55-37-15-10-28(22-47-42(2,24-50)41(51)52)39(49-37)54-23-27-18-26(19-43)20-44-21-27/h4-11,13,15,18,20-21,36,47,50H,12,14,16-17,22-24H2,1-3H3,(H,45,46)(H,51,52)/t36-,42?/m0/s1. The highest BCUT2D eigenvalue weighted by atomic mass is 16.5. The van der Waals surface area contributed by atoms with Crippen LogP contribution < -0.4 is 24.8 Å². The predicted molar refractivity (Wildman–Crippen MR) is 205 cm³/mol. The van der Waals surface area contributed by atoms with E-state index in [0.29, 0.717) is 28.5 Å². The number of hydrogen-bond acceptors (Lipinski definition) is 12. The monoisotopic (exact) mass is 739 g/mol. The Morgan fingerprint density at radius 3 is 2.62 bits per heavy atom. The second-order valence-corrected chi connectivity index (χ2v) is 13.7. The molecule has 1 aliphatic heterocycles. The number of fused-ring (bicyclic) bond motifs is 1. The van der Waals surface area contributed by atoms with Crippen molar-refractivity contribution in [1.29, 1.82) is 5.26 Å². The van der Waals surface area contributed by atoms with Gasteiger partial charge in [-0.2, -0.15) is 10.2 Å². The molecule has 4 N–H and O–H groups in total. The van der Waals surface area contributed by atoms with Gasteiger partial charge in [0.1, 0.15) is 30.2 Å². The first kappa shape index (κ1) is 37.0. The van der Waals surface area contributed by atoms with Crippen molar-refractivity contribution in [2.75, 3.05) is 26.8 Å². The van der Waals surface area contributed by atoms with Gasteiger partial charge in [0.15, 0.2) is 0 Å². The summed E-state index contributed by atoms with van der Waals surface area (Å²) in [5.74, 6) is 0.699. The first-order chi connectivity index (χ1) is 26.7. The van der Waals surface area contributed by atoms with Gasteiger partial charge in [0.25, 0.3) is 0 Å². The fourth-order valence-electron chi connectivity index (χ4n) is 6.89. The number of nitrogens with zero attached hydrogens (tertiary/aromatic N) is 5. The molecule has 0 bridgehead atoms. The van der Waals surface area contributed by atoms with Crippen LogP contribution in [0.5, 0.6) is 17.6 Å². The molecule has 0 radical (unpaired) electrons. The Hall–Kier alpha value is -6.36. The third-order valence-corrected chi connectivity index (χ3v) is 10.0. The molecule has 2 aliphatic rings. The van der Waals surface area contributed by atoms with Gasteiger partial charge in [-0.05, 0) is 78.8 Å². The van der Waals surface area contributed by atoms with Crippen LogP contribution in [0.25, 0.3) is 22.4 Å². The van der Waals surface area contributed by atoms with Crippen molar-refractivity contribution in [3.05, 3.63) is 118 Å². The molecule has 280 valence electrons. The molecule has 2 atom stereocenters. The summed E-state index contributed by atoms with van der Waals surface area (Å²) >= 11 is 0. The number of benzene rings is 2. The zero-order valence-corrected chi connectivity index (χ0v) is 30.8. The summed E-state index contributed by atoms with van der Waals surface area (Å²) in [5.41, 5.74) is 8.34. The van der Waals surface area contributed by atoms with Gasteiger partial charge in [0, 0.05) is 48.2 Å². The van der Waals surface area contributed by atoms with Gasteiger partial charge in [-0.25, -0.2) is 4.98 Å². The molecule has 2 aromatic carbocycles. The number of aliphatic imine (C=N–C) groups is 1. The molecule has 5 aromatic rings. The predicted octanol–water partition coefficient (Wildman–Crippen LogP) is 5.31. The molecule has 4 heterocycles. The Morgan fingerprint density at radius 2 is 1.85 bits per heavy atom. The van der Waals surface area contributed by atoms with E-state index in [1.165, 1.54) is 18.7 Å². The number of aliphatic carboxylic acids is 1. The van der Waals surface area contributed by atoms with Crippen LogP contribution in [0.15, 0.2) is 84.1 Å². The summed E-state index contributed by atoms with van der Waals surface area (Å²) in [6.07, 6.45) is 4.34. The number of carboxylic acid groups (broad SMARTS) is 1. The highest BCUT2D eigenvalue weighted by molar-refractivity contribution is 6.02. The maximum atomic E-state index is 11.8. The largest absolute Gasteiger partial charge is 0.480 e. The second-order valence-electron chi connectivity index (χ2n) is 13.7. The van der Waals surface area contributed by atoms with E-state index in [2.05, 4.69) is 63.9 Å². The van der Waals surface area contributed by atoms with E-state index in [9.17, 15) is 20.3 Å². The van der Waals surface area contributed by atoms with E-state index < -0.39 is 18.1 Å². The van der Waals surface area contributed by atoms with Crippen molar-refractivity contribution in [2.24, 2.45) is 4.99 Å². The molecule has 7 rings (SSSR count). The minimum atomic E-state index is -1.57. The topological polar surface area (TPSA) is 184 Å². The van der Waals surface area contributed by atoms with Gasteiger partial charge in [-0.15, -0.1) is 0 Å². The third kappa shape index (κ3) is 7.68. The number of aliphatic hydroxyl groups is 1. The van der Waals surface area contributed by atoms with Crippen LogP contribution >= 0.6 is 0 Å². The van der Waals surface area contributed by atoms with Gasteiger partial charge in [0.2, 0.25) is 17.6 Å². The average molecular weight is 740 g/mol. The van der Waals surface area contributed by atoms with E-state index >= 15 is 0 Å². The smallest absolute Gasteiger partial charge is 0.326 e. The lowest BCUT2D eigenvalue weighted by Crippen LogP contribution is -2.52. The Kier molecular flexibility index (Phi) is 10.7. The lowest BCUT2D eigenvalue weighted by atomic mass is 9.90. The van der Waals surface area contributed by atoms with Gasteiger partial charge >= 0.3 is 5.97 Å². The van der Waals surface area contributed by atoms with Crippen molar-refractivity contribution in [3.63, 3.8) is 0 Å². The Labute approximate surface area is 318 Å². The summed E-state index contributed by atoms with van der Waals surface area (Å²) in [5, 5.41) is 34.9. The maximum Gasteiger partial charge on any atom is 0.326 e. The quantitative estimate of drug-likeness (QED) is 0.115. The van der Waals surface area contributed by atoms with Crippen LogP contribution in [0.2, 0.25) is 0 Å². The van der Waals surface area contributed by atoms with Crippen molar-refractivity contribution in [1.82, 2.24) is 25.6 Å². The summed E-state index contributed by atoms with van der Waals surface area (Å²) in [4.78, 5) is 30.1. The SMILES string of the molecule is COc1nc(-c2cccc(-c3cccc4c3CC[C@@H]4Oc3ccc(CNC(C)(CO)C(=O)O)c(OCc4cncc(C#N)c4)n3)c2C)ccc1C1=NCCN1. The summed E-state index contributed by atoms with van der Waals surface area (Å²) in [6, 6.07) is 23.8. The van der Waals surface area contributed by atoms with E-state index in [0.717, 1.165) is 70.8 Å². The number of methoxy groups -OCH3 is 1. The molecule has 3 aromatic heterocycles. The van der Waals surface area contributed by atoms with Crippen LogP contribution in [0.3, 0.4) is 0 Å². The first-order valence-corrected chi connectivity index (χ1v) is 18.0. The molecule has 0 saturated heterocycles. The number of rotatable bonds is 14. The molecular weight excluding hydrogens is 699 g/mol. The highest BCUT2D eigenvalue weighted by Crippen LogP contribution is 2.42. The maximum absolute atomic E-state index is 11.8.